The van der Waals surface area contributed by atoms with Gasteiger partial charge >= 0.3 is 14.2 Å². The predicted molar refractivity (Wildman–Crippen MR) is 82.5 cm³/mol. The van der Waals surface area contributed by atoms with E-state index in [1.54, 1.807) is 30.2 Å². The van der Waals surface area contributed by atoms with Gasteiger partial charge < -0.3 is 19.4 Å². The Morgan fingerprint density at radius 3 is 1.75 bits per heavy atom. The van der Waals surface area contributed by atoms with Crippen LogP contribution in [0.25, 0.3) is 0 Å². The highest BCUT2D eigenvalue weighted by molar-refractivity contribution is 6.58. The summed E-state index contributed by atoms with van der Waals surface area (Å²) in [6.07, 6.45) is 0. The summed E-state index contributed by atoms with van der Waals surface area (Å²) < 4.78 is 11.1. The van der Waals surface area contributed by atoms with Gasteiger partial charge in [-0.3, -0.25) is 0 Å². The van der Waals surface area contributed by atoms with Crippen molar-refractivity contribution >= 4 is 19.7 Å². The van der Waals surface area contributed by atoms with Gasteiger partial charge in [0.25, 0.3) is 0 Å². The molecule has 1 fully saturated rings. The molecular formula is C14H22B2O4. The second-order valence-corrected chi connectivity index (χ2v) is 5.64. The van der Waals surface area contributed by atoms with Crippen molar-refractivity contribution in [3.63, 3.8) is 0 Å². The van der Waals surface area contributed by atoms with Gasteiger partial charge in [0, 0.05) is 0 Å². The molecule has 1 heterocycles. The van der Waals surface area contributed by atoms with E-state index in [1.165, 1.54) is 0 Å². The van der Waals surface area contributed by atoms with Crippen LogP contribution in [0, 0.1) is 0 Å². The van der Waals surface area contributed by atoms with E-state index >= 15 is 0 Å². The maximum absolute atomic E-state index is 8.58. The van der Waals surface area contributed by atoms with Crippen LogP contribution in [0.1, 0.15) is 27.7 Å². The van der Waals surface area contributed by atoms with Gasteiger partial charge in [0.1, 0.15) is 0 Å². The smallest absolute Gasteiger partial charge is 0.423 e. The minimum Gasteiger partial charge on any atom is -0.423 e. The zero-order valence-corrected chi connectivity index (χ0v) is 12.5. The summed E-state index contributed by atoms with van der Waals surface area (Å²) in [7, 11) is -1.59. The molecule has 0 spiro atoms. The molecule has 20 heavy (non-hydrogen) atoms. The summed E-state index contributed by atoms with van der Waals surface area (Å²) in [6.45, 7) is 11.7. The van der Waals surface area contributed by atoms with E-state index in [0.717, 1.165) is 0 Å². The van der Waals surface area contributed by atoms with E-state index < -0.39 is 7.12 Å². The first-order valence-electron chi connectivity index (χ1n) is 6.59. The van der Waals surface area contributed by atoms with Crippen LogP contribution >= 0.6 is 0 Å². The van der Waals surface area contributed by atoms with E-state index in [-0.39, 0.29) is 18.3 Å². The molecule has 6 heteroatoms. The zero-order chi connectivity index (χ0) is 15.4. The summed E-state index contributed by atoms with van der Waals surface area (Å²) in [6, 6.07) is 8.66. The lowest BCUT2D eigenvalue weighted by atomic mass is 9.81. The summed E-state index contributed by atoms with van der Waals surface area (Å²) >= 11 is 0. The first-order chi connectivity index (χ1) is 9.19. The van der Waals surface area contributed by atoms with Crippen LogP contribution < -0.4 is 5.46 Å². The second kappa shape index (κ2) is 6.59. The monoisotopic (exact) mass is 276 g/mol. The van der Waals surface area contributed by atoms with Gasteiger partial charge in [-0.15, -0.1) is 6.58 Å². The largest absolute Gasteiger partial charge is 0.488 e. The van der Waals surface area contributed by atoms with Gasteiger partial charge in [-0.1, -0.05) is 36.3 Å². The van der Waals surface area contributed by atoms with E-state index in [0.29, 0.717) is 5.46 Å². The Morgan fingerprint density at radius 2 is 1.50 bits per heavy atom. The van der Waals surface area contributed by atoms with Crippen molar-refractivity contribution in [2.24, 2.45) is 0 Å². The average molecular weight is 276 g/mol. The second-order valence-electron chi connectivity index (χ2n) is 5.64. The first-order valence-corrected chi connectivity index (χ1v) is 6.59. The van der Waals surface area contributed by atoms with Gasteiger partial charge in [0.2, 0.25) is 0 Å². The fraction of sp³-hybridized carbons (Fsp3) is 0.429. The van der Waals surface area contributed by atoms with Crippen molar-refractivity contribution in [2.45, 2.75) is 38.9 Å². The van der Waals surface area contributed by atoms with E-state index in [9.17, 15) is 0 Å². The fourth-order valence-electron chi connectivity index (χ4n) is 1.61. The highest BCUT2D eigenvalue weighted by Crippen LogP contribution is 2.36. The first kappa shape index (κ1) is 17.0. The number of benzene rings is 1. The molecule has 2 N–H and O–H groups in total. The molecule has 0 aliphatic carbocycles. The zero-order valence-electron chi connectivity index (χ0n) is 12.5. The van der Waals surface area contributed by atoms with Crippen molar-refractivity contribution in [3.8, 4) is 0 Å². The van der Waals surface area contributed by atoms with Gasteiger partial charge in [0.05, 0.1) is 11.2 Å². The molecule has 1 aromatic carbocycles. The van der Waals surface area contributed by atoms with Crippen LogP contribution in [-0.2, 0) is 9.31 Å². The van der Waals surface area contributed by atoms with Gasteiger partial charge in [-0.25, -0.2) is 0 Å². The van der Waals surface area contributed by atoms with E-state index in [2.05, 4.69) is 6.58 Å². The molecular weight excluding hydrogens is 254 g/mol. The molecule has 0 bridgehead atoms. The molecule has 1 aliphatic rings. The number of hydrogen-bond donors (Lipinski definition) is 2. The summed E-state index contributed by atoms with van der Waals surface area (Å²) in [4.78, 5) is 0. The normalized spacial score (nSPS) is 19.0. The lowest BCUT2D eigenvalue weighted by Crippen LogP contribution is -2.41. The molecule has 0 atom stereocenters. The Morgan fingerprint density at radius 1 is 1.05 bits per heavy atom. The fourth-order valence-corrected chi connectivity index (χ4v) is 1.61. The third kappa shape index (κ3) is 4.21. The predicted octanol–water partition coefficient (Wildman–Crippen LogP) is 1.17. The lowest BCUT2D eigenvalue weighted by molar-refractivity contribution is 0.00578. The molecule has 0 aromatic heterocycles. The van der Waals surface area contributed by atoms with Crippen LogP contribution in [0.2, 0.25) is 0 Å². The van der Waals surface area contributed by atoms with Crippen molar-refractivity contribution in [2.75, 3.05) is 0 Å². The van der Waals surface area contributed by atoms with Gasteiger partial charge in [-0.2, -0.15) is 0 Å². The highest BCUT2D eigenvalue weighted by Gasteiger charge is 2.49. The van der Waals surface area contributed by atoms with Gasteiger partial charge in [-0.05, 0) is 33.2 Å². The summed E-state index contributed by atoms with van der Waals surface area (Å²) in [5.74, 6) is 1.68. The molecule has 108 valence electrons. The summed E-state index contributed by atoms with van der Waals surface area (Å²) in [5, 5.41) is 17.2. The Kier molecular flexibility index (Phi) is 5.59. The molecule has 4 nitrogen and oxygen atoms in total. The molecule has 0 saturated carbocycles. The molecule has 0 radical (unpaired) electrons. The molecule has 0 unspecified atom stereocenters. The van der Waals surface area contributed by atoms with Crippen molar-refractivity contribution in [1.82, 2.24) is 0 Å². The Balaban J connectivity index is 0.000000204. The minimum atomic E-state index is -1.34. The third-order valence-electron chi connectivity index (χ3n) is 3.56. The topological polar surface area (TPSA) is 58.9 Å². The molecule has 1 saturated heterocycles. The molecule has 0 amide bonds. The van der Waals surface area contributed by atoms with Crippen LogP contribution in [0.4, 0.5) is 0 Å². The standard InChI is InChI=1S/C8H15BO2.C6H7BO2/c1-6-9-10-7(2,3)8(4,5)11-9;8-7(9)6-4-2-1-3-5-6/h6H,1H2,2-5H3;1-5,8-9H. The molecule has 1 aromatic rings. The SMILES string of the molecule is C=CB1OC(C)(C)C(C)(C)O1.OB(O)c1ccccc1. The van der Waals surface area contributed by atoms with Crippen LogP contribution in [0.3, 0.4) is 0 Å². The highest BCUT2D eigenvalue weighted by atomic mass is 16.7. The van der Waals surface area contributed by atoms with Crippen LogP contribution in [0.5, 0.6) is 0 Å². The third-order valence-corrected chi connectivity index (χ3v) is 3.56. The minimum absolute atomic E-state index is 0.230. The quantitative estimate of drug-likeness (QED) is 0.796. The Hall–Kier alpha value is -1.07. The van der Waals surface area contributed by atoms with E-state index in [4.69, 9.17) is 19.4 Å². The maximum Gasteiger partial charge on any atom is 0.488 e. The average Bonchev–Trinajstić information content (AvgIpc) is 2.60. The van der Waals surface area contributed by atoms with Crippen molar-refractivity contribution in [1.29, 1.82) is 0 Å². The maximum atomic E-state index is 8.58. The Labute approximate surface area is 121 Å². The molecule has 2 rings (SSSR count). The molecule has 1 aliphatic heterocycles. The van der Waals surface area contributed by atoms with E-state index in [1.807, 2.05) is 33.8 Å². The number of rotatable bonds is 2. The number of hydrogen-bond acceptors (Lipinski definition) is 4. The van der Waals surface area contributed by atoms with Crippen LogP contribution in [-0.4, -0.2) is 35.5 Å². The summed E-state index contributed by atoms with van der Waals surface area (Å²) in [5.41, 5.74) is 0.0649. The van der Waals surface area contributed by atoms with Crippen molar-refractivity contribution < 1.29 is 19.4 Å². The Bertz CT molecular complexity index is 416. The lowest BCUT2D eigenvalue weighted by Gasteiger charge is -2.32. The van der Waals surface area contributed by atoms with Crippen molar-refractivity contribution in [3.05, 3.63) is 42.9 Å². The van der Waals surface area contributed by atoms with Gasteiger partial charge in [0.15, 0.2) is 0 Å². The van der Waals surface area contributed by atoms with Crippen LogP contribution in [0.15, 0.2) is 42.9 Å².